The van der Waals surface area contributed by atoms with E-state index in [2.05, 4.69) is 4.72 Å². The van der Waals surface area contributed by atoms with E-state index in [0.29, 0.717) is 6.42 Å². The third-order valence-corrected chi connectivity index (χ3v) is 5.26. The Morgan fingerprint density at radius 1 is 1.19 bits per heavy atom. The van der Waals surface area contributed by atoms with Crippen molar-refractivity contribution < 1.29 is 13.3 Å². The Morgan fingerprint density at radius 3 is 2.57 bits per heavy atom. The van der Waals surface area contributed by atoms with Gasteiger partial charge >= 0.3 is 0 Å². The van der Waals surface area contributed by atoms with E-state index in [-0.39, 0.29) is 17.0 Å². The second-order valence-electron chi connectivity index (χ2n) is 5.25. The van der Waals surface area contributed by atoms with E-state index in [1.807, 2.05) is 0 Å². The van der Waals surface area contributed by atoms with Crippen molar-refractivity contribution in [1.82, 2.24) is 4.72 Å². The Kier molecular flexibility index (Phi) is 4.92. The van der Waals surface area contributed by atoms with Crippen molar-refractivity contribution in [2.45, 2.75) is 49.1 Å². The molecule has 0 heterocycles. The molecule has 0 radical (unpaired) electrons. The summed E-state index contributed by atoms with van der Waals surface area (Å²) in [6.45, 7) is 0. The van der Waals surface area contributed by atoms with Gasteiger partial charge in [0.2, 0.25) is 10.0 Å². The number of nitro benzene ring substituents is 1. The van der Waals surface area contributed by atoms with Crippen LogP contribution in [0.1, 0.15) is 32.1 Å². The van der Waals surface area contributed by atoms with Crippen molar-refractivity contribution in [1.29, 1.82) is 0 Å². The van der Waals surface area contributed by atoms with E-state index in [1.165, 1.54) is 24.3 Å². The number of benzene rings is 1. The van der Waals surface area contributed by atoms with E-state index < -0.39 is 20.6 Å². The van der Waals surface area contributed by atoms with Crippen LogP contribution in [0.4, 0.5) is 5.69 Å². The maximum absolute atomic E-state index is 12.4. The highest BCUT2D eigenvalue weighted by Crippen LogP contribution is 2.24. The van der Waals surface area contributed by atoms with Crippen molar-refractivity contribution in [2.75, 3.05) is 0 Å². The van der Waals surface area contributed by atoms with Gasteiger partial charge in [-0.2, -0.15) is 0 Å². The first kappa shape index (κ1) is 15.9. The molecule has 116 valence electrons. The summed E-state index contributed by atoms with van der Waals surface area (Å²) in [4.78, 5) is 9.96. The van der Waals surface area contributed by atoms with Crippen LogP contribution in [0.2, 0.25) is 0 Å². The van der Waals surface area contributed by atoms with Gasteiger partial charge in [-0.3, -0.25) is 10.1 Å². The fourth-order valence-corrected chi connectivity index (χ4v) is 4.07. The molecule has 0 aliphatic heterocycles. The third-order valence-electron chi connectivity index (χ3n) is 3.73. The zero-order valence-electron chi connectivity index (χ0n) is 11.6. The molecule has 21 heavy (non-hydrogen) atoms. The van der Waals surface area contributed by atoms with Gasteiger partial charge in [-0.1, -0.05) is 31.4 Å². The lowest BCUT2D eigenvalue weighted by molar-refractivity contribution is -0.387. The lowest BCUT2D eigenvalue weighted by Gasteiger charge is -2.22. The highest BCUT2D eigenvalue weighted by atomic mass is 32.2. The van der Waals surface area contributed by atoms with Crippen LogP contribution < -0.4 is 10.5 Å². The summed E-state index contributed by atoms with van der Waals surface area (Å²) in [6, 6.07) is 4.69. The molecule has 1 aromatic rings. The van der Waals surface area contributed by atoms with Gasteiger partial charge in [-0.25, -0.2) is 13.1 Å². The Hall–Kier alpha value is -1.51. The first-order chi connectivity index (χ1) is 9.92. The number of hydrogen-bond acceptors (Lipinski definition) is 5. The van der Waals surface area contributed by atoms with E-state index in [0.717, 1.165) is 25.7 Å². The van der Waals surface area contributed by atoms with Gasteiger partial charge in [-0.05, 0) is 18.9 Å². The van der Waals surface area contributed by atoms with Crippen LogP contribution in [0.15, 0.2) is 29.2 Å². The smallest absolute Gasteiger partial charge is 0.289 e. The molecule has 0 spiro atoms. The van der Waals surface area contributed by atoms with Crippen LogP contribution in [0.25, 0.3) is 0 Å². The van der Waals surface area contributed by atoms with Crippen LogP contribution in [-0.4, -0.2) is 25.4 Å². The minimum Gasteiger partial charge on any atom is -0.326 e. The molecule has 1 aromatic carbocycles. The van der Waals surface area contributed by atoms with Crippen LogP contribution in [-0.2, 0) is 10.0 Å². The van der Waals surface area contributed by atoms with Crippen LogP contribution in [0, 0.1) is 10.1 Å². The molecule has 1 aliphatic rings. The number of nitrogens with one attached hydrogen (secondary N) is 1. The highest BCUT2D eigenvalue weighted by molar-refractivity contribution is 7.89. The van der Waals surface area contributed by atoms with Crippen molar-refractivity contribution in [3.8, 4) is 0 Å². The predicted octanol–water partition coefficient (Wildman–Crippen LogP) is 1.53. The summed E-state index contributed by atoms with van der Waals surface area (Å²) >= 11 is 0. The topological polar surface area (TPSA) is 115 Å². The first-order valence-electron chi connectivity index (χ1n) is 6.93. The van der Waals surface area contributed by atoms with Crippen molar-refractivity contribution >= 4 is 15.7 Å². The monoisotopic (exact) mass is 313 g/mol. The normalized spacial score (nSPS) is 23.5. The summed E-state index contributed by atoms with van der Waals surface area (Å²) in [7, 11) is -3.96. The largest absolute Gasteiger partial charge is 0.326 e. The summed E-state index contributed by atoms with van der Waals surface area (Å²) in [5.74, 6) is 0. The Labute approximate surface area is 123 Å². The quantitative estimate of drug-likeness (QED) is 0.497. The summed E-state index contributed by atoms with van der Waals surface area (Å²) < 4.78 is 27.4. The van der Waals surface area contributed by atoms with Gasteiger partial charge < -0.3 is 5.73 Å². The van der Waals surface area contributed by atoms with Crippen LogP contribution in [0.5, 0.6) is 0 Å². The fraction of sp³-hybridized carbons (Fsp3) is 0.538. The maximum Gasteiger partial charge on any atom is 0.289 e. The molecule has 0 amide bonds. The molecule has 2 rings (SSSR count). The number of nitro groups is 1. The number of sulfonamides is 1. The average molecular weight is 313 g/mol. The average Bonchev–Trinajstić information content (AvgIpc) is 2.64. The first-order valence-corrected chi connectivity index (χ1v) is 8.41. The van der Waals surface area contributed by atoms with Gasteiger partial charge in [0, 0.05) is 18.2 Å². The van der Waals surface area contributed by atoms with Gasteiger partial charge in [0.1, 0.15) is 0 Å². The molecule has 7 nitrogen and oxygen atoms in total. The Bertz CT molecular complexity index is 618. The fourth-order valence-electron chi connectivity index (χ4n) is 2.58. The predicted molar refractivity (Wildman–Crippen MR) is 78.3 cm³/mol. The summed E-state index contributed by atoms with van der Waals surface area (Å²) in [5, 5.41) is 11.0. The van der Waals surface area contributed by atoms with Gasteiger partial charge in [0.05, 0.1) is 4.92 Å². The van der Waals surface area contributed by atoms with E-state index in [4.69, 9.17) is 5.73 Å². The molecule has 1 aliphatic carbocycles. The Balaban J connectivity index is 2.28. The Morgan fingerprint density at radius 2 is 1.86 bits per heavy atom. The number of hydrogen-bond donors (Lipinski definition) is 2. The van der Waals surface area contributed by atoms with E-state index in [9.17, 15) is 18.5 Å². The van der Waals surface area contributed by atoms with E-state index in [1.54, 1.807) is 0 Å². The summed E-state index contributed by atoms with van der Waals surface area (Å²) in [5.41, 5.74) is 5.58. The lowest BCUT2D eigenvalue weighted by Crippen LogP contribution is -2.46. The second-order valence-corrected chi connectivity index (χ2v) is 6.94. The minimum absolute atomic E-state index is 0.259. The molecular weight excluding hydrogens is 294 g/mol. The van der Waals surface area contributed by atoms with Gasteiger partial charge in [0.15, 0.2) is 4.90 Å². The molecule has 1 fully saturated rings. The standard InChI is InChI=1S/C13H19N3O4S/c14-10-6-2-1-3-7-11(10)15-21(19,20)13-9-5-4-8-12(13)16(17)18/h4-5,8-11,15H,1-3,6-7,14H2/t10-,11+/m0/s1. The van der Waals surface area contributed by atoms with Crippen molar-refractivity contribution in [2.24, 2.45) is 5.73 Å². The molecule has 0 bridgehead atoms. The maximum atomic E-state index is 12.4. The zero-order chi connectivity index (χ0) is 15.5. The van der Waals surface area contributed by atoms with Crippen molar-refractivity contribution in [3.63, 3.8) is 0 Å². The molecule has 0 unspecified atom stereocenters. The zero-order valence-corrected chi connectivity index (χ0v) is 12.4. The molecule has 0 saturated heterocycles. The number of rotatable bonds is 4. The third kappa shape index (κ3) is 3.78. The lowest BCUT2D eigenvalue weighted by atomic mass is 10.1. The van der Waals surface area contributed by atoms with Crippen LogP contribution >= 0.6 is 0 Å². The van der Waals surface area contributed by atoms with Gasteiger partial charge in [0.25, 0.3) is 5.69 Å². The molecule has 3 N–H and O–H groups in total. The second kappa shape index (κ2) is 6.50. The summed E-state index contributed by atoms with van der Waals surface area (Å²) in [6.07, 6.45) is 4.31. The number of para-hydroxylation sites is 1. The van der Waals surface area contributed by atoms with Crippen molar-refractivity contribution in [3.05, 3.63) is 34.4 Å². The number of nitrogens with zero attached hydrogens (tertiary/aromatic N) is 1. The van der Waals surface area contributed by atoms with E-state index >= 15 is 0 Å². The molecule has 8 heteroatoms. The number of nitrogens with two attached hydrogens (primary N) is 1. The minimum atomic E-state index is -3.96. The highest BCUT2D eigenvalue weighted by Gasteiger charge is 2.30. The molecular formula is C13H19N3O4S. The van der Waals surface area contributed by atoms with Gasteiger partial charge in [-0.15, -0.1) is 0 Å². The molecule has 2 atom stereocenters. The molecule has 1 saturated carbocycles. The molecule has 0 aromatic heterocycles. The SMILES string of the molecule is N[C@H]1CCCCC[C@H]1NS(=O)(=O)c1ccccc1[N+](=O)[O-]. The van der Waals surface area contributed by atoms with Crippen LogP contribution in [0.3, 0.4) is 0 Å².